The van der Waals surface area contributed by atoms with E-state index in [1.54, 1.807) is 0 Å². The van der Waals surface area contributed by atoms with Gasteiger partial charge >= 0.3 is 0 Å². The molecule has 0 fully saturated rings. The smallest absolute Gasteiger partial charge is 0.237 e. The molecule has 1 aromatic carbocycles. The van der Waals surface area contributed by atoms with Gasteiger partial charge in [-0.25, -0.2) is 4.39 Å². The Bertz CT molecular complexity index is 471. The Balaban J connectivity index is 0.00000324. The lowest BCUT2D eigenvalue weighted by atomic mass is 10.2. The molecule has 0 spiro atoms. The van der Waals surface area contributed by atoms with Crippen LogP contribution in [0, 0.1) is 5.82 Å². The average molecular weight is 310 g/mol. The van der Waals surface area contributed by atoms with Gasteiger partial charge in [0.1, 0.15) is 5.82 Å². The topological polar surface area (TPSA) is 98.2 Å². The number of amides is 2. The Morgan fingerprint density at radius 1 is 1.42 bits per heavy atom. The summed E-state index contributed by atoms with van der Waals surface area (Å²) in [7, 11) is 0. The highest BCUT2D eigenvalue weighted by Gasteiger charge is 2.15. The predicted octanol–water partition coefficient (Wildman–Crippen LogP) is 0.720. The SMILES string of the molecule is Cl.NC(=O)CC(N)C(=O)NCc1ccc(F)c(Cl)c1. The molecule has 0 saturated heterocycles. The maximum Gasteiger partial charge on any atom is 0.237 e. The fraction of sp³-hybridized carbons (Fsp3) is 0.273. The van der Waals surface area contributed by atoms with Crippen LogP contribution in [0.4, 0.5) is 4.39 Å². The second-order valence-corrected chi connectivity index (χ2v) is 4.15. The fourth-order valence-electron chi connectivity index (χ4n) is 1.28. The van der Waals surface area contributed by atoms with Gasteiger partial charge < -0.3 is 16.8 Å². The minimum atomic E-state index is -0.988. The zero-order chi connectivity index (χ0) is 13.7. The molecule has 1 aromatic rings. The van der Waals surface area contributed by atoms with Crippen molar-refractivity contribution >= 4 is 35.8 Å². The van der Waals surface area contributed by atoms with E-state index >= 15 is 0 Å². The van der Waals surface area contributed by atoms with Crippen LogP contribution in [0.2, 0.25) is 5.02 Å². The van der Waals surface area contributed by atoms with Crippen LogP contribution in [-0.2, 0) is 16.1 Å². The van der Waals surface area contributed by atoms with E-state index in [1.807, 2.05) is 0 Å². The number of halogens is 3. The Morgan fingerprint density at radius 2 is 2.05 bits per heavy atom. The lowest BCUT2D eigenvalue weighted by molar-refractivity contribution is -0.126. The molecule has 0 bridgehead atoms. The third kappa shape index (κ3) is 5.87. The molecule has 1 unspecified atom stereocenters. The summed E-state index contributed by atoms with van der Waals surface area (Å²) in [5.74, 6) is -1.69. The van der Waals surface area contributed by atoms with Crippen LogP contribution in [-0.4, -0.2) is 17.9 Å². The van der Waals surface area contributed by atoms with Gasteiger partial charge in [0.05, 0.1) is 17.5 Å². The summed E-state index contributed by atoms with van der Waals surface area (Å²) < 4.78 is 12.9. The van der Waals surface area contributed by atoms with Gasteiger partial charge in [-0.3, -0.25) is 9.59 Å². The molecular formula is C11H14Cl2FN3O2. The highest BCUT2D eigenvalue weighted by Crippen LogP contribution is 2.15. The molecule has 0 saturated carbocycles. The predicted molar refractivity (Wildman–Crippen MR) is 72.3 cm³/mol. The van der Waals surface area contributed by atoms with E-state index in [1.165, 1.54) is 18.2 Å². The van der Waals surface area contributed by atoms with E-state index in [4.69, 9.17) is 23.1 Å². The summed E-state index contributed by atoms with van der Waals surface area (Å²) in [5.41, 5.74) is 11.0. The molecule has 5 N–H and O–H groups in total. The maximum atomic E-state index is 12.9. The van der Waals surface area contributed by atoms with Crippen molar-refractivity contribution in [3.05, 3.63) is 34.6 Å². The van der Waals surface area contributed by atoms with Gasteiger partial charge in [-0.05, 0) is 17.7 Å². The van der Waals surface area contributed by atoms with Gasteiger partial charge in [0.2, 0.25) is 11.8 Å². The van der Waals surface area contributed by atoms with Crippen molar-refractivity contribution in [3.63, 3.8) is 0 Å². The number of nitrogens with one attached hydrogen (secondary N) is 1. The van der Waals surface area contributed by atoms with Gasteiger partial charge in [0.25, 0.3) is 0 Å². The molecule has 0 aliphatic carbocycles. The molecule has 8 heteroatoms. The van der Waals surface area contributed by atoms with Gasteiger partial charge in [-0.2, -0.15) is 0 Å². The van der Waals surface area contributed by atoms with Crippen molar-refractivity contribution in [2.75, 3.05) is 0 Å². The average Bonchev–Trinajstić information content (AvgIpc) is 2.29. The highest BCUT2D eigenvalue weighted by atomic mass is 35.5. The first-order chi connectivity index (χ1) is 8.40. The van der Waals surface area contributed by atoms with E-state index in [2.05, 4.69) is 5.32 Å². The molecule has 2 amide bonds. The molecule has 5 nitrogen and oxygen atoms in total. The van der Waals surface area contributed by atoms with Crippen LogP contribution in [0.1, 0.15) is 12.0 Å². The second kappa shape index (κ2) is 7.93. The van der Waals surface area contributed by atoms with Gasteiger partial charge in [0, 0.05) is 6.54 Å². The number of hydrogen-bond acceptors (Lipinski definition) is 3. The molecular weight excluding hydrogens is 296 g/mol. The van der Waals surface area contributed by atoms with Gasteiger partial charge in [-0.15, -0.1) is 12.4 Å². The minimum absolute atomic E-state index is 0. The molecule has 1 rings (SSSR count). The summed E-state index contributed by atoms with van der Waals surface area (Å²) in [6.45, 7) is 0.144. The van der Waals surface area contributed by atoms with Crippen LogP contribution in [0.5, 0.6) is 0 Å². The Labute approximate surface area is 120 Å². The third-order valence-electron chi connectivity index (χ3n) is 2.21. The van der Waals surface area contributed by atoms with Gasteiger partial charge in [-0.1, -0.05) is 17.7 Å². The molecule has 106 valence electrons. The van der Waals surface area contributed by atoms with Crippen molar-refractivity contribution in [1.82, 2.24) is 5.32 Å². The lowest BCUT2D eigenvalue weighted by Gasteiger charge is -2.10. The minimum Gasteiger partial charge on any atom is -0.370 e. The van der Waals surface area contributed by atoms with Crippen LogP contribution in [0.25, 0.3) is 0 Å². The quantitative estimate of drug-likeness (QED) is 0.747. The van der Waals surface area contributed by atoms with Crippen LogP contribution in [0.15, 0.2) is 18.2 Å². The number of nitrogens with two attached hydrogens (primary N) is 2. The van der Waals surface area contributed by atoms with E-state index in [0.29, 0.717) is 5.56 Å². The molecule has 0 aromatic heterocycles. The lowest BCUT2D eigenvalue weighted by Crippen LogP contribution is -2.42. The third-order valence-corrected chi connectivity index (χ3v) is 2.50. The fourth-order valence-corrected chi connectivity index (χ4v) is 1.48. The molecule has 19 heavy (non-hydrogen) atoms. The number of carbonyl (C=O) groups is 2. The zero-order valence-corrected chi connectivity index (χ0v) is 11.4. The monoisotopic (exact) mass is 309 g/mol. The summed E-state index contributed by atoms with van der Waals surface area (Å²) in [6.07, 6.45) is -0.226. The molecule has 0 heterocycles. The Morgan fingerprint density at radius 3 is 2.58 bits per heavy atom. The van der Waals surface area contributed by atoms with E-state index in [0.717, 1.165) is 0 Å². The van der Waals surface area contributed by atoms with E-state index < -0.39 is 23.7 Å². The van der Waals surface area contributed by atoms with Crippen LogP contribution < -0.4 is 16.8 Å². The first-order valence-electron chi connectivity index (χ1n) is 5.15. The van der Waals surface area contributed by atoms with Crippen molar-refractivity contribution in [3.8, 4) is 0 Å². The van der Waals surface area contributed by atoms with Crippen LogP contribution in [0.3, 0.4) is 0 Å². The number of hydrogen-bond donors (Lipinski definition) is 3. The van der Waals surface area contributed by atoms with Gasteiger partial charge in [0.15, 0.2) is 0 Å². The molecule has 0 aliphatic heterocycles. The number of rotatable bonds is 5. The zero-order valence-electron chi connectivity index (χ0n) is 9.86. The highest BCUT2D eigenvalue weighted by molar-refractivity contribution is 6.30. The molecule has 1 atom stereocenters. The molecule has 0 radical (unpaired) electrons. The Kier molecular flexibility index (Phi) is 7.36. The van der Waals surface area contributed by atoms with E-state index in [9.17, 15) is 14.0 Å². The summed E-state index contributed by atoms with van der Waals surface area (Å²) in [5, 5.41) is 2.47. The summed E-state index contributed by atoms with van der Waals surface area (Å²) >= 11 is 5.59. The van der Waals surface area contributed by atoms with Crippen molar-refractivity contribution in [1.29, 1.82) is 0 Å². The molecule has 0 aliphatic rings. The first kappa shape index (κ1) is 17.6. The largest absolute Gasteiger partial charge is 0.370 e. The number of carbonyl (C=O) groups excluding carboxylic acids is 2. The van der Waals surface area contributed by atoms with Crippen molar-refractivity contribution < 1.29 is 14.0 Å². The first-order valence-corrected chi connectivity index (χ1v) is 5.53. The van der Waals surface area contributed by atoms with Crippen molar-refractivity contribution in [2.45, 2.75) is 19.0 Å². The number of primary amides is 1. The normalized spacial score (nSPS) is 11.3. The summed E-state index contributed by atoms with van der Waals surface area (Å²) in [6, 6.07) is 3.10. The maximum absolute atomic E-state index is 12.9. The second-order valence-electron chi connectivity index (χ2n) is 3.74. The van der Waals surface area contributed by atoms with E-state index in [-0.39, 0.29) is 30.4 Å². The standard InChI is InChI=1S/C11H13ClFN3O2.ClH/c12-7-3-6(1-2-8(7)13)5-16-11(18)9(14)4-10(15)17;/h1-3,9H,4-5,14H2,(H2,15,17)(H,16,18);1H. The van der Waals surface area contributed by atoms with Crippen LogP contribution >= 0.6 is 24.0 Å². The van der Waals surface area contributed by atoms with Crippen molar-refractivity contribution in [2.24, 2.45) is 11.5 Å². The Hall–Kier alpha value is -1.37. The number of benzene rings is 1. The summed E-state index contributed by atoms with van der Waals surface area (Å²) in [4.78, 5) is 22.0.